The number of aromatic amines is 1. The summed E-state index contributed by atoms with van der Waals surface area (Å²) in [5.74, 6) is -0.209. The molecule has 118 valence electrons. The van der Waals surface area contributed by atoms with Gasteiger partial charge < -0.3 is 10.6 Å². The molecule has 7 nitrogen and oxygen atoms in total. The summed E-state index contributed by atoms with van der Waals surface area (Å²) in [4.78, 5) is 23.7. The zero-order valence-corrected chi connectivity index (χ0v) is 12.6. The number of amides is 1. The van der Waals surface area contributed by atoms with Crippen molar-refractivity contribution >= 4 is 11.6 Å². The molecule has 0 saturated heterocycles. The van der Waals surface area contributed by atoms with Gasteiger partial charge in [-0.3, -0.25) is 9.20 Å². The molecule has 0 aliphatic heterocycles. The average Bonchev–Trinajstić information content (AvgIpc) is 2.97. The molecule has 7 heteroatoms. The summed E-state index contributed by atoms with van der Waals surface area (Å²) in [7, 11) is 1.85. The van der Waals surface area contributed by atoms with Gasteiger partial charge in [0.25, 0.3) is 5.91 Å². The van der Waals surface area contributed by atoms with E-state index in [1.807, 2.05) is 37.4 Å². The van der Waals surface area contributed by atoms with E-state index in [9.17, 15) is 9.59 Å². The van der Waals surface area contributed by atoms with Gasteiger partial charge in [-0.05, 0) is 24.7 Å². The minimum Gasteiger partial charge on any atom is -0.350 e. The van der Waals surface area contributed by atoms with Gasteiger partial charge in [0.1, 0.15) is 0 Å². The van der Waals surface area contributed by atoms with Crippen LogP contribution in [0, 0.1) is 0 Å². The van der Waals surface area contributed by atoms with E-state index >= 15 is 0 Å². The molecule has 0 aliphatic rings. The van der Waals surface area contributed by atoms with Crippen LogP contribution in [0.15, 0.2) is 53.5 Å². The third-order valence-electron chi connectivity index (χ3n) is 3.70. The van der Waals surface area contributed by atoms with Crippen LogP contribution in [-0.2, 0) is 0 Å². The van der Waals surface area contributed by atoms with Gasteiger partial charge in [-0.25, -0.2) is 9.89 Å². The van der Waals surface area contributed by atoms with E-state index in [1.54, 1.807) is 12.1 Å². The number of nitrogens with zero attached hydrogens (tertiary/aromatic N) is 2. The summed E-state index contributed by atoms with van der Waals surface area (Å²) < 4.78 is 1.34. The Morgan fingerprint density at radius 1 is 1.30 bits per heavy atom. The maximum absolute atomic E-state index is 12.3. The Morgan fingerprint density at radius 2 is 2.09 bits per heavy atom. The summed E-state index contributed by atoms with van der Waals surface area (Å²) in [6, 6.07) is 13.1. The Kier molecular flexibility index (Phi) is 4.20. The molecule has 1 atom stereocenters. The number of aromatic nitrogens is 3. The predicted molar refractivity (Wildman–Crippen MR) is 86.4 cm³/mol. The number of hydrogen-bond acceptors (Lipinski definition) is 4. The van der Waals surface area contributed by atoms with Crippen molar-refractivity contribution in [3.05, 3.63) is 70.3 Å². The van der Waals surface area contributed by atoms with Crippen LogP contribution in [0.5, 0.6) is 0 Å². The van der Waals surface area contributed by atoms with E-state index in [-0.39, 0.29) is 17.6 Å². The number of carbonyl (C=O) groups excluding carboxylic acids is 1. The second-order valence-corrected chi connectivity index (χ2v) is 5.13. The fraction of sp³-hybridized carbons (Fsp3) is 0.188. The van der Waals surface area contributed by atoms with Crippen molar-refractivity contribution in [3.63, 3.8) is 0 Å². The monoisotopic (exact) mass is 311 g/mol. The minimum atomic E-state index is -0.328. The Hall–Kier alpha value is -2.93. The summed E-state index contributed by atoms with van der Waals surface area (Å²) >= 11 is 0. The normalized spacial score (nSPS) is 12.2. The fourth-order valence-electron chi connectivity index (χ4n) is 2.41. The van der Waals surface area contributed by atoms with Gasteiger partial charge >= 0.3 is 5.69 Å². The van der Waals surface area contributed by atoms with Crippen molar-refractivity contribution < 1.29 is 4.79 Å². The standard InChI is InChI=1S/C16H17N5O2/c1-17-13(11-5-3-2-4-6-11)10-18-15(22)12-7-8-21-14(9-12)19-20-16(21)23/h2-9,13,17H,10H2,1H3,(H,18,22)(H,20,23). The van der Waals surface area contributed by atoms with Gasteiger partial charge in [-0.1, -0.05) is 30.3 Å². The second-order valence-electron chi connectivity index (χ2n) is 5.13. The summed E-state index contributed by atoms with van der Waals surface area (Å²) in [6.07, 6.45) is 1.53. The van der Waals surface area contributed by atoms with Gasteiger partial charge in [-0.15, -0.1) is 0 Å². The molecule has 1 aromatic carbocycles. The van der Waals surface area contributed by atoms with Gasteiger partial charge in [-0.2, -0.15) is 5.10 Å². The number of fused-ring (bicyclic) bond motifs is 1. The highest BCUT2D eigenvalue weighted by molar-refractivity contribution is 5.95. The lowest BCUT2D eigenvalue weighted by molar-refractivity contribution is 0.0950. The first-order chi connectivity index (χ1) is 11.2. The zero-order chi connectivity index (χ0) is 16.2. The van der Waals surface area contributed by atoms with Gasteiger partial charge in [0.2, 0.25) is 0 Å². The quantitative estimate of drug-likeness (QED) is 0.647. The second kappa shape index (κ2) is 6.45. The highest BCUT2D eigenvalue weighted by atomic mass is 16.2. The van der Waals surface area contributed by atoms with Crippen LogP contribution < -0.4 is 16.3 Å². The van der Waals surface area contributed by atoms with Crippen LogP contribution in [0.2, 0.25) is 0 Å². The molecular formula is C16H17N5O2. The number of likely N-dealkylation sites (N-methyl/N-ethyl adjacent to an activating group) is 1. The van der Waals surface area contributed by atoms with E-state index in [0.717, 1.165) is 5.56 Å². The third kappa shape index (κ3) is 3.14. The number of carbonyl (C=O) groups is 1. The lowest BCUT2D eigenvalue weighted by atomic mass is 10.1. The maximum atomic E-state index is 12.3. The molecule has 3 N–H and O–H groups in total. The predicted octanol–water partition coefficient (Wildman–Crippen LogP) is 0.713. The maximum Gasteiger partial charge on any atom is 0.347 e. The van der Waals surface area contributed by atoms with Gasteiger partial charge in [0.05, 0.1) is 0 Å². The Labute approximate surface area is 132 Å². The number of rotatable bonds is 5. The molecule has 1 amide bonds. The van der Waals surface area contributed by atoms with E-state index < -0.39 is 0 Å². The molecule has 0 radical (unpaired) electrons. The molecular weight excluding hydrogens is 294 g/mol. The van der Waals surface area contributed by atoms with Crippen LogP contribution in [0.25, 0.3) is 5.65 Å². The van der Waals surface area contributed by atoms with Crippen molar-refractivity contribution in [2.45, 2.75) is 6.04 Å². The van der Waals surface area contributed by atoms with Gasteiger partial charge in [0.15, 0.2) is 5.65 Å². The van der Waals surface area contributed by atoms with Crippen LogP contribution in [-0.4, -0.2) is 34.1 Å². The first-order valence-electron chi connectivity index (χ1n) is 7.26. The molecule has 3 rings (SSSR count). The SMILES string of the molecule is CNC(CNC(=O)c1ccn2c(=O)[nH]nc2c1)c1ccccc1. The van der Waals surface area contributed by atoms with Crippen LogP contribution in [0.1, 0.15) is 22.0 Å². The largest absolute Gasteiger partial charge is 0.350 e. The van der Waals surface area contributed by atoms with E-state index in [4.69, 9.17) is 0 Å². The molecule has 0 bridgehead atoms. The van der Waals surface area contributed by atoms with Crippen molar-refractivity contribution in [2.24, 2.45) is 0 Å². The highest BCUT2D eigenvalue weighted by Gasteiger charge is 2.12. The highest BCUT2D eigenvalue weighted by Crippen LogP contribution is 2.11. The first-order valence-corrected chi connectivity index (χ1v) is 7.26. The fourth-order valence-corrected chi connectivity index (χ4v) is 2.41. The number of hydrogen-bond donors (Lipinski definition) is 3. The van der Waals surface area contributed by atoms with Crippen molar-refractivity contribution in [3.8, 4) is 0 Å². The van der Waals surface area contributed by atoms with E-state index in [0.29, 0.717) is 17.8 Å². The molecule has 0 aliphatic carbocycles. The summed E-state index contributed by atoms with van der Waals surface area (Å²) in [6.45, 7) is 0.456. The number of H-pyrrole nitrogens is 1. The Balaban J connectivity index is 1.71. The zero-order valence-electron chi connectivity index (χ0n) is 12.6. The average molecular weight is 311 g/mol. The summed E-state index contributed by atoms with van der Waals surface area (Å²) in [5, 5.41) is 12.3. The molecule has 0 spiro atoms. The molecule has 23 heavy (non-hydrogen) atoms. The van der Waals surface area contributed by atoms with Gasteiger partial charge in [0, 0.05) is 24.3 Å². The van der Waals surface area contributed by atoms with Crippen LogP contribution in [0.3, 0.4) is 0 Å². The third-order valence-corrected chi connectivity index (χ3v) is 3.70. The topological polar surface area (TPSA) is 91.3 Å². The molecule has 1 unspecified atom stereocenters. The van der Waals surface area contributed by atoms with Crippen molar-refractivity contribution in [1.82, 2.24) is 25.2 Å². The lowest BCUT2D eigenvalue weighted by Gasteiger charge is -2.17. The number of benzene rings is 1. The van der Waals surface area contributed by atoms with E-state index in [1.165, 1.54) is 10.6 Å². The number of pyridine rings is 1. The minimum absolute atomic E-state index is 0.0249. The lowest BCUT2D eigenvalue weighted by Crippen LogP contribution is -2.33. The Morgan fingerprint density at radius 3 is 2.83 bits per heavy atom. The van der Waals surface area contributed by atoms with Crippen LogP contribution in [0.4, 0.5) is 0 Å². The number of nitrogens with one attached hydrogen (secondary N) is 3. The Bertz CT molecular complexity index is 869. The molecule has 2 heterocycles. The smallest absolute Gasteiger partial charge is 0.347 e. The first kappa shape index (κ1) is 15.0. The molecule has 0 saturated carbocycles. The van der Waals surface area contributed by atoms with E-state index in [2.05, 4.69) is 20.8 Å². The summed E-state index contributed by atoms with van der Waals surface area (Å²) in [5.41, 5.74) is 1.64. The van der Waals surface area contributed by atoms with Crippen molar-refractivity contribution in [2.75, 3.05) is 13.6 Å². The molecule has 0 fully saturated rings. The van der Waals surface area contributed by atoms with Crippen molar-refractivity contribution in [1.29, 1.82) is 0 Å². The molecule has 3 aromatic rings. The molecule has 2 aromatic heterocycles. The van der Waals surface area contributed by atoms with Crippen LogP contribution >= 0.6 is 0 Å².